The molecule has 0 radical (unpaired) electrons. The van der Waals surface area contributed by atoms with Crippen LogP contribution in [0.2, 0.25) is 0 Å². The number of carboxylic acids is 1. The van der Waals surface area contributed by atoms with Gasteiger partial charge < -0.3 is 5.11 Å². The van der Waals surface area contributed by atoms with Gasteiger partial charge in [-0.3, -0.25) is 14.1 Å². The first kappa shape index (κ1) is 12.0. The van der Waals surface area contributed by atoms with Crippen molar-refractivity contribution in [3.05, 3.63) is 35.4 Å². The van der Waals surface area contributed by atoms with Crippen molar-refractivity contribution in [2.24, 2.45) is 0 Å². The molecule has 0 bridgehead atoms. The molecule has 92 valence electrons. The van der Waals surface area contributed by atoms with Gasteiger partial charge >= 0.3 is 5.97 Å². The average molecular weight is 237 g/mol. The fraction of sp³-hybridized carbons (Fsp3) is 0.462. The van der Waals surface area contributed by atoms with Gasteiger partial charge in [0.25, 0.3) is 0 Å². The predicted octanol–water partition coefficient (Wildman–Crippen LogP) is 2.03. The molecular formula is C13H16FNO2. The van der Waals surface area contributed by atoms with Crippen molar-refractivity contribution in [3.63, 3.8) is 0 Å². The monoisotopic (exact) mass is 237 g/mol. The third kappa shape index (κ3) is 2.47. The van der Waals surface area contributed by atoms with Gasteiger partial charge in [-0.05, 0) is 24.0 Å². The van der Waals surface area contributed by atoms with Gasteiger partial charge in [0.1, 0.15) is 6.04 Å². The zero-order valence-corrected chi connectivity index (χ0v) is 9.60. The Morgan fingerprint density at radius 3 is 2.94 bits per heavy atom. The number of rotatable bonds is 4. The van der Waals surface area contributed by atoms with Gasteiger partial charge in [0.15, 0.2) is 0 Å². The van der Waals surface area contributed by atoms with E-state index in [4.69, 9.17) is 0 Å². The molecule has 3 nitrogen and oxygen atoms in total. The van der Waals surface area contributed by atoms with Gasteiger partial charge in [0.05, 0.1) is 6.67 Å². The Labute approximate surface area is 99.9 Å². The first-order valence-corrected chi connectivity index (χ1v) is 5.84. The highest BCUT2D eigenvalue weighted by Crippen LogP contribution is 2.29. The number of nitrogens with zero attached hydrogens (tertiary/aromatic N) is 1. The number of aliphatic carboxylic acids is 1. The molecule has 0 fully saturated rings. The summed E-state index contributed by atoms with van der Waals surface area (Å²) in [5, 5.41) is 9.32. The van der Waals surface area contributed by atoms with E-state index in [1.165, 1.54) is 0 Å². The normalized spacial score (nSPS) is 19.9. The number of hydrogen-bond acceptors (Lipinski definition) is 2. The quantitative estimate of drug-likeness (QED) is 0.871. The fourth-order valence-electron chi connectivity index (χ4n) is 2.41. The number of hydrogen-bond donors (Lipinski definition) is 1. The van der Waals surface area contributed by atoms with Crippen LogP contribution in [0.4, 0.5) is 4.39 Å². The number of carbonyl (C=O) groups is 1. The Morgan fingerprint density at radius 1 is 1.47 bits per heavy atom. The lowest BCUT2D eigenvalue weighted by Gasteiger charge is -2.34. The minimum atomic E-state index is -0.851. The number of benzene rings is 1. The standard InChI is InChI=1S/C13H16FNO2/c14-7-3-8-15-9-6-10-4-1-2-5-11(10)12(15)13(16)17/h1-2,4-5,12H,3,6-9H2,(H,16,17). The SMILES string of the molecule is O=C(O)C1c2ccccc2CCN1CCCF. The van der Waals surface area contributed by atoms with Crippen LogP contribution in [0.15, 0.2) is 24.3 Å². The molecule has 1 aromatic rings. The highest BCUT2D eigenvalue weighted by Gasteiger charge is 2.31. The Bertz CT molecular complexity index is 408. The smallest absolute Gasteiger partial charge is 0.325 e. The van der Waals surface area contributed by atoms with E-state index in [1.807, 2.05) is 29.2 Å². The number of fused-ring (bicyclic) bond motifs is 1. The van der Waals surface area contributed by atoms with E-state index in [0.29, 0.717) is 19.5 Å². The molecule has 1 heterocycles. The minimum absolute atomic E-state index is 0.395. The summed E-state index contributed by atoms with van der Waals surface area (Å²) in [5.74, 6) is -0.851. The van der Waals surface area contributed by atoms with Crippen LogP contribution in [0.5, 0.6) is 0 Å². The number of halogens is 1. The molecule has 0 aromatic heterocycles. The predicted molar refractivity (Wildman–Crippen MR) is 62.7 cm³/mol. The lowest BCUT2D eigenvalue weighted by atomic mass is 9.92. The van der Waals surface area contributed by atoms with Crippen LogP contribution < -0.4 is 0 Å². The summed E-state index contributed by atoms with van der Waals surface area (Å²) in [6, 6.07) is 6.99. The maximum Gasteiger partial charge on any atom is 0.325 e. The Balaban J connectivity index is 2.26. The number of alkyl halides is 1. The van der Waals surface area contributed by atoms with Crippen molar-refractivity contribution in [1.82, 2.24) is 4.90 Å². The molecule has 1 atom stereocenters. The van der Waals surface area contributed by atoms with Crippen molar-refractivity contribution in [2.45, 2.75) is 18.9 Å². The summed E-state index contributed by atoms with van der Waals surface area (Å²) >= 11 is 0. The largest absolute Gasteiger partial charge is 0.480 e. The lowest BCUT2D eigenvalue weighted by Crippen LogP contribution is -2.40. The van der Waals surface area contributed by atoms with Crippen LogP contribution in [0, 0.1) is 0 Å². The first-order valence-electron chi connectivity index (χ1n) is 5.84. The maximum atomic E-state index is 12.2. The molecule has 17 heavy (non-hydrogen) atoms. The summed E-state index contributed by atoms with van der Waals surface area (Å²) in [5.41, 5.74) is 1.95. The first-order chi connectivity index (χ1) is 8.24. The zero-order valence-electron chi connectivity index (χ0n) is 9.60. The Kier molecular flexibility index (Phi) is 3.74. The molecule has 1 N–H and O–H groups in total. The second kappa shape index (κ2) is 5.27. The Morgan fingerprint density at radius 2 is 2.24 bits per heavy atom. The van der Waals surface area contributed by atoms with Crippen LogP contribution in [-0.2, 0) is 11.2 Å². The molecule has 0 spiro atoms. The second-order valence-electron chi connectivity index (χ2n) is 4.27. The lowest BCUT2D eigenvalue weighted by molar-refractivity contribution is -0.144. The van der Waals surface area contributed by atoms with Gasteiger partial charge in [-0.25, -0.2) is 0 Å². The van der Waals surface area contributed by atoms with E-state index in [9.17, 15) is 14.3 Å². The molecule has 0 saturated heterocycles. The van der Waals surface area contributed by atoms with E-state index < -0.39 is 18.7 Å². The summed E-state index contributed by atoms with van der Waals surface area (Å²) in [7, 11) is 0. The minimum Gasteiger partial charge on any atom is -0.480 e. The van der Waals surface area contributed by atoms with E-state index >= 15 is 0 Å². The van der Waals surface area contributed by atoms with Gasteiger partial charge in [0.2, 0.25) is 0 Å². The molecular weight excluding hydrogens is 221 g/mol. The Hall–Kier alpha value is -1.42. The molecule has 0 amide bonds. The van der Waals surface area contributed by atoms with Crippen molar-refractivity contribution in [3.8, 4) is 0 Å². The summed E-state index contributed by atoms with van der Waals surface area (Å²) in [4.78, 5) is 13.2. The van der Waals surface area contributed by atoms with Crippen LogP contribution in [0.3, 0.4) is 0 Å². The fourth-order valence-corrected chi connectivity index (χ4v) is 2.41. The van der Waals surface area contributed by atoms with Crippen molar-refractivity contribution in [1.29, 1.82) is 0 Å². The van der Waals surface area contributed by atoms with E-state index in [-0.39, 0.29) is 0 Å². The average Bonchev–Trinajstić information content (AvgIpc) is 2.35. The molecule has 0 saturated carbocycles. The summed E-state index contributed by atoms with van der Waals surface area (Å²) in [6.45, 7) is 0.792. The van der Waals surface area contributed by atoms with Crippen molar-refractivity contribution < 1.29 is 14.3 Å². The molecule has 0 aliphatic carbocycles. The van der Waals surface area contributed by atoms with Gasteiger partial charge in [-0.1, -0.05) is 24.3 Å². The van der Waals surface area contributed by atoms with Crippen molar-refractivity contribution >= 4 is 5.97 Å². The third-order valence-corrected chi connectivity index (χ3v) is 3.20. The zero-order chi connectivity index (χ0) is 12.3. The molecule has 1 unspecified atom stereocenters. The summed E-state index contributed by atoms with van der Waals surface area (Å²) in [6.07, 6.45) is 1.23. The van der Waals surface area contributed by atoms with E-state index in [2.05, 4.69) is 0 Å². The molecule has 1 aromatic carbocycles. The van der Waals surface area contributed by atoms with Crippen LogP contribution >= 0.6 is 0 Å². The highest BCUT2D eigenvalue weighted by atomic mass is 19.1. The van der Waals surface area contributed by atoms with E-state index in [1.54, 1.807) is 0 Å². The number of carboxylic acid groups (broad SMARTS) is 1. The van der Waals surface area contributed by atoms with Gasteiger partial charge in [-0.2, -0.15) is 0 Å². The summed E-state index contributed by atoms with van der Waals surface area (Å²) < 4.78 is 12.2. The maximum absolute atomic E-state index is 12.2. The molecule has 4 heteroatoms. The van der Waals surface area contributed by atoms with Gasteiger partial charge in [-0.15, -0.1) is 0 Å². The highest BCUT2D eigenvalue weighted by molar-refractivity contribution is 5.76. The molecule has 1 aliphatic heterocycles. The van der Waals surface area contributed by atoms with Crippen LogP contribution in [0.25, 0.3) is 0 Å². The topological polar surface area (TPSA) is 40.5 Å². The molecule has 1 aliphatic rings. The van der Waals surface area contributed by atoms with Crippen LogP contribution in [0.1, 0.15) is 23.6 Å². The molecule has 2 rings (SSSR count). The second-order valence-corrected chi connectivity index (χ2v) is 4.27. The van der Waals surface area contributed by atoms with Crippen molar-refractivity contribution in [2.75, 3.05) is 19.8 Å². The van der Waals surface area contributed by atoms with Crippen LogP contribution in [-0.4, -0.2) is 35.7 Å². The third-order valence-electron chi connectivity index (χ3n) is 3.20. The van der Waals surface area contributed by atoms with E-state index in [0.717, 1.165) is 17.5 Å². The van der Waals surface area contributed by atoms with Gasteiger partial charge in [0, 0.05) is 13.1 Å².